The van der Waals surface area contributed by atoms with E-state index < -0.39 is 27.8 Å². The van der Waals surface area contributed by atoms with Crippen molar-refractivity contribution in [2.75, 3.05) is 73.9 Å². The summed E-state index contributed by atoms with van der Waals surface area (Å²) in [6.45, 7) is 79.7. The summed E-state index contributed by atoms with van der Waals surface area (Å²) in [5.41, 5.74) is 0.0290. The van der Waals surface area contributed by atoms with Gasteiger partial charge in [0.25, 0.3) is 0 Å². The molecule has 0 amide bonds. The van der Waals surface area contributed by atoms with E-state index in [2.05, 4.69) is 249 Å². The topological polar surface area (TPSA) is 27.7 Å². The Kier molecular flexibility index (Phi) is 20.4. The second-order valence-corrected chi connectivity index (χ2v) is 54.4. The standard InChI is InChI=1S/C60H132BO3P3/c1-49(2,3)37-65(38-50(4,5)6,39-51(7,8)9,40-52(10,11)12)62-61(63-66(41-53(13,14)15,42-54(16,17)18,43-55(19,20)21)44-56(22,23)24)64-67(45-57(25,26)27,46-58(28,29)30,47-59(31,32)33)48-60(34,35)36/h37-48H2,1-36H3. The van der Waals surface area contributed by atoms with Gasteiger partial charge in [-0.25, -0.2) is 0 Å². The van der Waals surface area contributed by atoms with E-state index in [1.165, 1.54) is 0 Å². The van der Waals surface area contributed by atoms with Crippen LogP contribution in [0.1, 0.15) is 249 Å². The van der Waals surface area contributed by atoms with Gasteiger partial charge in [-0.05, 0) is 0 Å². The third-order valence-electron chi connectivity index (χ3n) is 11.6. The fourth-order valence-corrected chi connectivity index (χ4v) is 50.3. The zero-order chi connectivity index (χ0) is 54.5. The minimum absolute atomic E-state index is 0.00242. The molecular weight excluding hydrogens is 872 g/mol. The average molecular weight is 1010 g/mol. The van der Waals surface area contributed by atoms with Crippen molar-refractivity contribution in [2.45, 2.75) is 249 Å². The van der Waals surface area contributed by atoms with Crippen molar-refractivity contribution in [3.63, 3.8) is 0 Å². The molecule has 0 radical (unpaired) electrons. The van der Waals surface area contributed by atoms with Gasteiger partial charge in [-0.1, -0.05) is 0 Å². The number of hydrogen-bond donors (Lipinski definition) is 0. The summed E-state index contributed by atoms with van der Waals surface area (Å²) in [7, 11) is -0.814. The van der Waals surface area contributed by atoms with Crippen LogP contribution in [-0.4, -0.2) is 81.3 Å². The van der Waals surface area contributed by atoms with Crippen LogP contribution in [0.4, 0.5) is 0 Å². The van der Waals surface area contributed by atoms with E-state index in [0.29, 0.717) is 0 Å². The Morgan fingerprint density at radius 1 is 0.179 bits per heavy atom. The predicted molar refractivity (Wildman–Crippen MR) is 322 cm³/mol. The quantitative estimate of drug-likeness (QED) is 0.101. The number of hydrogen-bond acceptors (Lipinski definition) is 3. The summed E-state index contributed by atoms with van der Waals surface area (Å²) in [6.07, 6.45) is 12.4. The minimum atomic E-state index is -3.44. The Morgan fingerprint density at radius 3 is 0.313 bits per heavy atom. The molecule has 0 rings (SSSR count). The second-order valence-electron chi connectivity index (χ2n) is 38.8. The maximum atomic E-state index is 9.16. The molecule has 0 unspecified atom stereocenters. The van der Waals surface area contributed by atoms with Crippen LogP contribution in [0.25, 0.3) is 0 Å². The Morgan fingerprint density at radius 2 is 0.254 bits per heavy atom. The molecule has 0 N–H and O–H groups in total. The Balaban J connectivity index is 10.6. The van der Waals surface area contributed by atoms with E-state index in [1.54, 1.807) is 0 Å². The van der Waals surface area contributed by atoms with E-state index in [9.17, 15) is 0 Å². The molecular formula is C60H132BO3P3. The van der Waals surface area contributed by atoms with Crippen LogP contribution in [0.2, 0.25) is 0 Å². The van der Waals surface area contributed by atoms with Gasteiger partial charge in [0.05, 0.1) is 0 Å². The summed E-state index contributed by atoms with van der Waals surface area (Å²) in [5, 5.41) is 0. The molecule has 0 aliphatic carbocycles. The zero-order valence-electron chi connectivity index (χ0n) is 53.6. The van der Waals surface area contributed by atoms with Crippen molar-refractivity contribution < 1.29 is 13.3 Å². The van der Waals surface area contributed by atoms with E-state index in [0.717, 1.165) is 73.9 Å². The third kappa shape index (κ3) is 26.8. The van der Waals surface area contributed by atoms with Gasteiger partial charge >= 0.3 is 429 Å². The molecule has 0 aromatic rings. The summed E-state index contributed by atoms with van der Waals surface area (Å²) in [5.74, 6) is 0. The van der Waals surface area contributed by atoms with Gasteiger partial charge in [0.1, 0.15) is 0 Å². The summed E-state index contributed by atoms with van der Waals surface area (Å²) >= 11 is 0. The van der Waals surface area contributed by atoms with Gasteiger partial charge in [-0.2, -0.15) is 0 Å². The molecule has 0 aromatic carbocycles. The molecule has 0 saturated carbocycles. The predicted octanol–water partition coefficient (Wildman–Crippen LogP) is 21.0. The Hall–Kier alpha value is 1.23. The van der Waals surface area contributed by atoms with Gasteiger partial charge in [0.15, 0.2) is 0 Å². The molecule has 0 heterocycles. The SMILES string of the molecule is CC(C)(C)CP(CC(C)(C)C)(CC(C)(C)C)(CC(C)(C)C)OB(OP(CC(C)(C)C)(CC(C)(C)C)(CC(C)(C)C)CC(C)(C)C)OP(CC(C)(C)C)(CC(C)(C)C)(CC(C)(C)C)CC(C)(C)C. The third-order valence-corrected chi connectivity index (χ3v) is 34.9. The van der Waals surface area contributed by atoms with Crippen molar-refractivity contribution in [2.24, 2.45) is 65.0 Å². The first-order chi connectivity index (χ1) is 28.2. The fraction of sp³-hybridized carbons (Fsp3) is 1.00. The molecule has 7 heteroatoms. The van der Waals surface area contributed by atoms with Gasteiger partial charge in [-0.3, -0.25) is 0 Å². The Labute approximate surface area is 427 Å². The second kappa shape index (κ2) is 20.1. The van der Waals surface area contributed by atoms with Crippen LogP contribution in [0.5, 0.6) is 0 Å². The average Bonchev–Trinajstić information content (AvgIpc) is 2.72. The summed E-state index contributed by atoms with van der Waals surface area (Å²) in [6, 6.07) is 0. The van der Waals surface area contributed by atoms with E-state index >= 15 is 0 Å². The van der Waals surface area contributed by atoms with Crippen LogP contribution in [0, 0.1) is 65.0 Å². The molecule has 0 aliphatic rings. The van der Waals surface area contributed by atoms with Crippen LogP contribution in [-0.2, 0) is 13.3 Å². The van der Waals surface area contributed by atoms with Crippen LogP contribution in [0.3, 0.4) is 0 Å². The molecule has 0 bridgehead atoms. The van der Waals surface area contributed by atoms with Crippen molar-refractivity contribution in [1.82, 2.24) is 0 Å². The first-order valence-electron chi connectivity index (χ1n) is 27.3. The van der Waals surface area contributed by atoms with E-state index in [-0.39, 0.29) is 65.0 Å². The van der Waals surface area contributed by atoms with Gasteiger partial charge < -0.3 is 0 Å². The van der Waals surface area contributed by atoms with Gasteiger partial charge in [-0.15, -0.1) is 0 Å². The van der Waals surface area contributed by atoms with Gasteiger partial charge in [0.2, 0.25) is 0 Å². The molecule has 3 nitrogen and oxygen atoms in total. The zero-order valence-corrected chi connectivity index (χ0v) is 56.3. The van der Waals surface area contributed by atoms with Crippen LogP contribution < -0.4 is 0 Å². The van der Waals surface area contributed by atoms with Crippen molar-refractivity contribution in [3.8, 4) is 0 Å². The first-order valence-corrected chi connectivity index (χ1v) is 36.0. The van der Waals surface area contributed by atoms with Crippen molar-refractivity contribution >= 4 is 27.8 Å². The summed E-state index contributed by atoms with van der Waals surface area (Å²) < 4.78 is 27.5. The monoisotopic (exact) mass is 1000 g/mol. The summed E-state index contributed by atoms with van der Waals surface area (Å²) in [4.78, 5) is 0. The molecule has 0 fully saturated rings. The molecule has 0 atom stereocenters. The van der Waals surface area contributed by atoms with E-state index in [1.807, 2.05) is 0 Å². The van der Waals surface area contributed by atoms with Crippen LogP contribution in [0.15, 0.2) is 0 Å². The van der Waals surface area contributed by atoms with Crippen molar-refractivity contribution in [1.29, 1.82) is 0 Å². The van der Waals surface area contributed by atoms with Gasteiger partial charge in [0, 0.05) is 0 Å². The maximum absolute atomic E-state index is 9.16. The molecule has 67 heavy (non-hydrogen) atoms. The van der Waals surface area contributed by atoms with E-state index in [4.69, 9.17) is 13.3 Å². The number of rotatable bonds is 18. The molecule has 0 saturated heterocycles. The fourth-order valence-electron chi connectivity index (χ4n) is 16.6. The van der Waals surface area contributed by atoms with Crippen LogP contribution >= 0.6 is 20.5 Å². The van der Waals surface area contributed by atoms with Crippen molar-refractivity contribution in [3.05, 3.63) is 0 Å². The molecule has 408 valence electrons. The Bertz CT molecular complexity index is 1160. The first kappa shape index (κ1) is 68.2. The molecule has 0 aliphatic heterocycles. The molecule has 0 spiro atoms. The normalized spacial score (nSPS) is 17.6. The molecule has 0 aromatic heterocycles.